The van der Waals surface area contributed by atoms with Crippen LogP contribution in [0.5, 0.6) is 11.5 Å². The lowest BCUT2D eigenvalue weighted by molar-refractivity contribution is -0.479. The molecule has 0 amide bonds. The second-order valence-electron chi connectivity index (χ2n) is 3.81. The van der Waals surface area contributed by atoms with Gasteiger partial charge < -0.3 is 9.47 Å². The molecule has 1 aliphatic heterocycles. The first-order valence-corrected chi connectivity index (χ1v) is 6.98. The SMILES string of the molecule is CC#N.N#CCSC(C[N+](=O)[O-])c1ccc2c(c1)OCO2. The molecule has 0 fully saturated rings. The summed E-state index contributed by atoms with van der Waals surface area (Å²) in [5.41, 5.74) is 0.774. The van der Waals surface area contributed by atoms with Gasteiger partial charge in [0.2, 0.25) is 13.3 Å². The first kappa shape index (κ1) is 16.6. The van der Waals surface area contributed by atoms with Crippen molar-refractivity contribution in [2.24, 2.45) is 0 Å². The predicted molar refractivity (Wildman–Crippen MR) is 76.5 cm³/mol. The highest BCUT2D eigenvalue weighted by atomic mass is 32.2. The number of nitrogens with zero attached hydrogens (tertiary/aromatic N) is 3. The van der Waals surface area contributed by atoms with Crippen molar-refractivity contribution in [3.63, 3.8) is 0 Å². The molecule has 7 nitrogen and oxygen atoms in total. The molecule has 0 aromatic heterocycles. The molecule has 1 atom stereocenters. The second-order valence-corrected chi connectivity index (χ2v) is 5.00. The van der Waals surface area contributed by atoms with Gasteiger partial charge in [-0.25, -0.2) is 0 Å². The van der Waals surface area contributed by atoms with E-state index in [-0.39, 0.29) is 29.3 Å². The van der Waals surface area contributed by atoms with E-state index in [1.165, 1.54) is 18.7 Å². The molecule has 1 aliphatic rings. The van der Waals surface area contributed by atoms with Gasteiger partial charge in [-0.3, -0.25) is 10.1 Å². The van der Waals surface area contributed by atoms with Gasteiger partial charge in [0.25, 0.3) is 0 Å². The zero-order valence-electron chi connectivity index (χ0n) is 11.3. The van der Waals surface area contributed by atoms with Gasteiger partial charge in [-0.15, -0.1) is 11.8 Å². The van der Waals surface area contributed by atoms with Gasteiger partial charge in [-0.2, -0.15) is 10.5 Å². The van der Waals surface area contributed by atoms with Gasteiger partial charge in [0.05, 0.1) is 23.1 Å². The van der Waals surface area contributed by atoms with Crippen molar-refractivity contribution in [3.05, 3.63) is 33.9 Å². The highest BCUT2D eigenvalue weighted by Gasteiger charge is 2.22. The molecular weight excluding hydrogens is 294 g/mol. The van der Waals surface area contributed by atoms with Crippen molar-refractivity contribution in [1.29, 1.82) is 10.5 Å². The molecule has 1 aromatic rings. The third-order valence-electron chi connectivity index (χ3n) is 2.43. The van der Waals surface area contributed by atoms with E-state index in [4.69, 9.17) is 20.0 Å². The highest BCUT2D eigenvalue weighted by molar-refractivity contribution is 7.99. The normalized spacial score (nSPS) is 12.3. The zero-order chi connectivity index (χ0) is 15.7. The highest BCUT2D eigenvalue weighted by Crippen LogP contribution is 2.37. The molecule has 0 saturated carbocycles. The maximum atomic E-state index is 10.6. The van der Waals surface area contributed by atoms with Crippen LogP contribution in [0.1, 0.15) is 17.7 Å². The molecule has 110 valence electrons. The minimum atomic E-state index is -0.375. The van der Waals surface area contributed by atoms with E-state index in [2.05, 4.69) is 0 Å². The van der Waals surface area contributed by atoms with Gasteiger partial charge in [-0.05, 0) is 17.7 Å². The lowest BCUT2D eigenvalue weighted by Gasteiger charge is -2.11. The van der Waals surface area contributed by atoms with Crippen LogP contribution in [0.4, 0.5) is 0 Å². The van der Waals surface area contributed by atoms with Crippen LogP contribution in [-0.4, -0.2) is 24.0 Å². The summed E-state index contributed by atoms with van der Waals surface area (Å²) in [6, 6.07) is 8.97. The molecule has 0 saturated heterocycles. The molecule has 1 unspecified atom stereocenters. The van der Waals surface area contributed by atoms with E-state index in [1.54, 1.807) is 24.3 Å². The summed E-state index contributed by atoms with van der Waals surface area (Å²) in [6.45, 7) is 1.38. The summed E-state index contributed by atoms with van der Waals surface area (Å²) in [5.74, 6) is 1.45. The van der Waals surface area contributed by atoms with E-state index in [1.807, 2.05) is 6.07 Å². The third-order valence-corrected chi connectivity index (χ3v) is 3.55. The molecule has 0 radical (unpaired) electrons. The monoisotopic (exact) mass is 307 g/mol. The minimum Gasteiger partial charge on any atom is -0.454 e. The fourth-order valence-corrected chi connectivity index (χ4v) is 2.48. The number of hydrogen-bond acceptors (Lipinski definition) is 7. The summed E-state index contributed by atoms with van der Waals surface area (Å²) < 4.78 is 10.4. The van der Waals surface area contributed by atoms with Gasteiger partial charge >= 0.3 is 0 Å². The number of thioether (sulfide) groups is 1. The number of fused-ring (bicyclic) bond motifs is 1. The smallest absolute Gasteiger partial charge is 0.231 e. The van der Waals surface area contributed by atoms with Crippen LogP contribution in [0.3, 0.4) is 0 Å². The molecule has 1 aromatic carbocycles. The summed E-state index contributed by atoms with van der Waals surface area (Å²) in [7, 11) is 0. The summed E-state index contributed by atoms with van der Waals surface area (Å²) >= 11 is 1.25. The van der Waals surface area contributed by atoms with Crippen molar-refractivity contribution in [1.82, 2.24) is 0 Å². The first-order chi connectivity index (χ1) is 10.1. The van der Waals surface area contributed by atoms with Gasteiger partial charge in [0, 0.05) is 11.8 Å². The Labute approximate surface area is 126 Å². The van der Waals surface area contributed by atoms with E-state index in [0.717, 1.165) is 5.56 Å². The van der Waals surface area contributed by atoms with Crippen LogP contribution in [0.2, 0.25) is 0 Å². The largest absolute Gasteiger partial charge is 0.454 e. The Morgan fingerprint density at radius 2 is 2.10 bits per heavy atom. The summed E-state index contributed by atoms with van der Waals surface area (Å²) in [5, 5.41) is 26.2. The number of nitriles is 2. The van der Waals surface area contributed by atoms with Gasteiger partial charge in [0.1, 0.15) is 0 Å². The Kier molecular flexibility index (Phi) is 6.85. The molecule has 0 aliphatic carbocycles. The molecular formula is C13H13N3O4S. The Morgan fingerprint density at radius 3 is 2.71 bits per heavy atom. The van der Waals surface area contributed by atoms with Crippen molar-refractivity contribution in [3.8, 4) is 23.6 Å². The fraction of sp³-hybridized carbons (Fsp3) is 0.385. The van der Waals surface area contributed by atoms with E-state index >= 15 is 0 Å². The average molecular weight is 307 g/mol. The van der Waals surface area contributed by atoms with Gasteiger partial charge in [0.15, 0.2) is 11.5 Å². The summed E-state index contributed by atoms with van der Waals surface area (Å²) in [6.07, 6.45) is 0. The van der Waals surface area contributed by atoms with Crippen LogP contribution in [-0.2, 0) is 0 Å². The van der Waals surface area contributed by atoms with Gasteiger partial charge in [-0.1, -0.05) is 6.07 Å². The van der Waals surface area contributed by atoms with E-state index in [9.17, 15) is 10.1 Å². The van der Waals surface area contributed by atoms with Crippen LogP contribution in [0, 0.1) is 32.8 Å². The van der Waals surface area contributed by atoms with Crippen molar-refractivity contribution < 1.29 is 14.4 Å². The Balaban J connectivity index is 0.000000677. The second kappa shape index (κ2) is 8.67. The zero-order valence-corrected chi connectivity index (χ0v) is 12.1. The number of hydrogen-bond donors (Lipinski definition) is 0. The predicted octanol–water partition coefficient (Wildman–Crippen LogP) is 2.52. The molecule has 21 heavy (non-hydrogen) atoms. The minimum absolute atomic E-state index is 0.171. The van der Waals surface area contributed by atoms with E-state index in [0.29, 0.717) is 11.5 Å². The number of rotatable bonds is 5. The van der Waals surface area contributed by atoms with E-state index < -0.39 is 0 Å². The lowest BCUT2D eigenvalue weighted by Crippen LogP contribution is -2.10. The molecule has 0 bridgehead atoms. The average Bonchev–Trinajstić information content (AvgIpc) is 2.91. The number of benzene rings is 1. The fourth-order valence-electron chi connectivity index (χ4n) is 1.64. The molecule has 0 N–H and O–H groups in total. The van der Waals surface area contributed by atoms with Crippen molar-refractivity contribution >= 4 is 11.8 Å². The molecule has 0 spiro atoms. The van der Waals surface area contributed by atoms with Crippen molar-refractivity contribution in [2.75, 3.05) is 19.1 Å². The maximum absolute atomic E-state index is 10.6. The van der Waals surface area contributed by atoms with Crippen LogP contribution >= 0.6 is 11.8 Å². The Bertz CT molecular complexity index is 580. The molecule has 2 rings (SSSR count). The first-order valence-electron chi connectivity index (χ1n) is 5.93. The van der Waals surface area contributed by atoms with Crippen LogP contribution < -0.4 is 9.47 Å². The maximum Gasteiger partial charge on any atom is 0.231 e. The Hall–Kier alpha value is -2.45. The summed E-state index contributed by atoms with van der Waals surface area (Å²) in [4.78, 5) is 10.3. The van der Waals surface area contributed by atoms with Crippen molar-refractivity contribution in [2.45, 2.75) is 12.2 Å². The lowest BCUT2D eigenvalue weighted by atomic mass is 10.1. The standard InChI is InChI=1S/C11H10N2O4S.C2H3N/c12-3-4-18-11(6-13(14)15)8-1-2-9-10(5-8)17-7-16-9;1-2-3/h1-2,5,11H,4,6-7H2;1H3. The molecule has 1 heterocycles. The van der Waals surface area contributed by atoms with Crippen LogP contribution in [0.25, 0.3) is 0 Å². The molecule has 8 heteroatoms. The number of ether oxygens (including phenoxy) is 2. The third kappa shape index (κ3) is 5.21. The topological polar surface area (TPSA) is 109 Å². The van der Waals surface area contributed by atoms with Crippen LogP contribution in [0.15, 0.2) is 18.2 Å². The Morgan fingerprint density at radius 1 is 1.43 bits per heavy atom. The quantitative estimate of drug-likeness (QED) is 0.607. The number of nitro groups is 1.